The van der Waals surface area contributed by atoms with Gasteiger partial charge in [0, 0.05) is 26.2 Å². The number of hydrogen-bond acceptors (Lipinski definition) is 4. The predicted molar refractivity (Wildman–Crippen MR) is 97.3 cm³/mol. The molecular formula is C19H29N3O3. The average Bonchev–Trinajstić information content (AvgIpc) is 2.66. The maximum Gasteiger partial charge on any atom is 0.239 e. The highest BCUT2D eigenvalue weighted by Gasteiger charge is 2.29. The Kier molecular flexibility index (Phi) is 6.82. The van der Waals surface area contributed by atoms with Gasteiger partial charge in [0.2, 0.25) is 11.8 Å². The summed E-state index contributed by atoms with van der Waals surface area (Å²) in [5.41, 5.74) is 6.97. The molecule has 1 aliphatic rings. The SMILES string of the molecule is CCC(C)C(N)C(=O)N1CCN(C(=O)Cc2cccc(OC)c2)CC1. The number of hydrogen-bond donors (Lipinski definition) is 1. The van der Waals surface area contributed by atoms with E-state index in [0.717, 1.165) is 17.7 Å². The first-order valence-electron chi connectivity index (χ1n) is 8.91. The van der Waals surface area contributed by atoms with Crippen molar-refractivity contribution in [2.75, 3.05) is 33.3 Å². The molecule has 2 N–H and O–H groups in total. The van der Waals surface area contributed by atoms with Gasteiger partial charge in [0.25, 0.3) is 0 Å². The van der Waals surface area contributed by atoms with E-state index < -0.39 is 6.04 Å². The molecule has 6 heteroatoms. The molecule has 1 fully saturated rings. The first kappa shape index (κ1) is 19.2. The summed E-state index contributed by atoms with van der Waals surface area (Å²) in [5, 5.41) is 0. The van der Waals surface area contributed by atoms with Gasteiger partial charge in [-0.15, -0.1) is 0 Å². The van der Waals surface area contributed by atoms with Gasteiger partial charge in [0.05, 0.1) is 19.6 Å². The van der Waals surface area contributed by atoms with Gasteiger partial charge in [-0.1, -0.05) is 32.4 Å². The van der Waals surface area contributed by atoms with Crippen LogP contribution < -0.4 is 10.5 Å². The number of methoxy groups -OCH3 is 1. The van der Waals surface area contributed by atoms with Gasteiger partial charge in [0.15, 0.2) is 0 Å². The number of carbonyl (C=O) groups excluding carboxylic acids is 2. The molecule has 2 unspecified atom stereocenters. The van der Waals surface area contributed by atoms with Gasteiger partial charge in [-0.05, 0) is 23.6 Å². The second-order valence-corrected chi connectivity index (χ2v) is 6.65. The van der Waals surface area contributed by atoms with Crippen LogP contribution in [0.2, 0.25) is 0 Å². The van der Waals surface area contributed by atoms with E-state index in [1.54, 1.807) is 12.0 Å². The fraction of sp³-hybridized carbons (Fsp3) is 0.579. The molecule has 0 spiro atoms. The predicted octanol–water partition coefficient (Wildman–Crippen LogP) is 1.28. The molecule has 1 aromatic rings. The van der Waals surface area contributed by atoms with Crippen molar-refractivity contribution in [3.05, 3.63) is 29.8 Å². The van der Waals surface area contributed by atoms with Gasteiger partial charge in [0.1, 0.15) is 5.75 Å². The van der Waals surface area contributed by atoms with Gasteiger partial charge in [-0.3, -0.25) is 9.59 Å². The van der Waals surface area contributed by atoms with Crippen molar-refractivity contribution in [1.29, 1.82) is 0 Å². The molecular weight excluding hydrogens is 318 g/mol. The Morgan fingerprint density at radius 3 is 2.44 bits per heavy atom. The van der Waals surface area contributed by atoms with Crippen molar-refractivity contribution in [2.45, 2.75) is 32.7 Å². The number of benzene rings is 1. The highest BCUT2D eigenvalue weighted by atomic mass is 16.5. The number of amides is 2. The van der Waals surface area contributed by atoms with E-state index in [1.165, 1.54) is 0 Å². The second-order valence-electron chi connectivity index (χ2n) is 6.65. The maximum absolute atomic E-state index is 12.5. The minimum Gasteiger partial charge on any atom is -0.497 e. The number of ether oxygens (including phenoxy) is 1. The maximum atomic E-state index is 12.5. The Morgan fingerprint density at radius 1 is 1.20 bits per heavy atom. The Balaban J connectivity index is 1.86. The third-order valence-corrected chi connectivity index (χ3v) is 4.98. The van der Waals surface area contributed by atoms with Crippen LogP contribution in [0, 0.1) is 5.92 Å². The molecule has 1 heterocycles. The lowest BCUT2D eigenvalue weighted by molar-refractivity contribution is -0.140. The summed E-state index contributed by atoms with van der Waals surface area (Å²) < 4.78 is 5.19. The molecule has 1 saturated heterocycles. The van der Waals surface area contributed by atoms with Crippen LogP contribution in [0.5, 0.6) is 5.75 Å². The molecule has 2 atom stereocenters. The largest absolute Gasteiger partial charge is 0.497 e. The molecule has 1 aromatic carbocycles. The Bertz CT molecular complexity index is 597. The zero-order valence-corrected chi connectivity index (χ0v) is 15.4. The number of nitrogens with zero attached hydrogens (tertiary/aromatic N) is 2. The topological polar surface area (TPSA) is 75.9 Å². The lowest BCUT2D eigenvalue weighted by Gasteiger charge is -2.36. The Hall–Kier alpha value is -2.08. The van der Waals surface area contributed by atoms with Crippen molar-refractivity contribution >= 4 is 11.8 Å². The van der Waals surface area contributed by atoms with Crippen LogP contribution in [-0.2, 0) is 16.0 Å². The summed E-state index contributed by atoms with van der Waals surface area (Å²) >= 11 is 0. The first-order chi connectivity index (χ1) is 12.0. The molecule has 0 bridgehead atoms. The minimum absolute atomic E-state index is 0.00533. The molecule has 1 aliphatic heterocycles. The first-order valence-corrected chi connectivity index (χ1v) is 8.91. The summed E-state index contributed by atoms with van der Waals surface area (Å²) in [6, 6.07) is 7.09. The molecule has 0 saturated carbocycles. The van der Waals surface area contributed by atoms with Crippen LogP contribution >= 0.6 is 0 Å². The van der Waals surface area contributed by atoms with Gasteiger partial charge < -0.3 is 20.3 Å². The summed E-state index contributed by atoms with van der Waals surface area (Å²) in [6.07, 6.45) is 1.23. The minimum atomic E-state index is -0.455. The summed E-state index contributed by atoms with van der Waals surface area (Å²) in [4.78, 5) is 28.5. The monoisotopic (exact) mass is 347 g/mol. The molecule has 2 amide bonds. The second kappa shape index (κ2) is 8.85. The highest BCUT2D eigenvalue weighted by Crippen LogP contribution is 2.15. The quantitative estimate of drug-likeness (QED) is 0.841. The fourth-order valence-electron chi connectivity index (χ4n) is 2.95. The van der Waals surface area contributed by atoms with E-state index in [4.69, 9.17) is 10.5 Å². The molecule has 0 radical (unpaired) electrons. The Labute approximate surface area is 149 Å². The third-order valence-electron chi connectivity index (χ3n) is 4.98. The van der Waals surface area contributed by atoms with Crippen molar-refractivity contribution in [2.24, 2.45) is 11.7 Å². The number of rotatable bonds is 6. The molecule has 0 aliphatic carbocycles. The Morgan fingerprint density at radius 2 is 1.84 bits per heavy atom. The normalized spacial score (nSPS) is 17.1. The van der Waals surface area contributed by atoms with Gasteiger partial charge in [-0.25, -0.2) is 0 Å². The van der Waals surface area contributed by atoms with Crippen molar-refractivity contribution < 1.29 is 14.3 Å². The summed E-state index contributed by atoms with van der Waals surface area (Å²) in [6.45, 7) is 6.24. The van der Waals surface area contributed by atoms with E-state index in [9.17, 15) is 9.59 Å². The number of carbonyl (C=O) groups is 2. The lowest BCUT2D eigenvalue weighted by atomic mass is 9.98. The van der Waals surface area contributed by atoms with E-state index in [2.05, 4.69) is 0 Å². The number of nitrogens with two attached hydrogens (primary N) is 1. The van der Waals surface area contributed by atoms with Crippen molar-refractivity contribution in [1.82, 2.24) is 9.80 Å². The zero-order valence-electron chi connectivity index (χ0n) is 15.4. The zero-order chi connectivity index (χ0) is 18.4. The van der Waals surface area contributed by atoms with Crippen molar-refractivity contribution in [3.63, 3.8) is 0 Å². The average molecular weight is 347 g/mol. The molecule has 138 valence electrons. The fourth-order valence-corrected chi connectivity index (χ4v) is 2.95. The van der Waals surface area contributed by atoms with E-state index >= 15 is 0 Å². The van der Waals surface area contributed by atoms with Crippen LogP contribution in [0.15, 0.2) is 24.3 Å². The van der Waals surface area contributed by atoms with E-state index in [0.29, 0.717) is 32.6 Å². The van der Waals surface area contributed by atoms with Crippen LogP contribution in [0.3, 0.4) is 0 Å². The van der Waals surface area contributed by atoms with E-state index in [-0.39, 0.29) is 17.7 Å². The lowest BCUT2D eigenvalue weighted by Crippen LogP contribution is -2.55. The smallest absolute Gasteiger partial charge is 0.239 e. The van der Waals surface area contributed by atoms with Crippen LogP contribution in [0.4, 0.5) is 0 Å². The molecule has 0 aromatic heterocycles. The van der Waals surface area contributed by atoms with Crippen molar-refractivity contribution in [3.8, 4) is 5.75 Å². The highest BCUT2D eigenvalue weighted by molar-refractivity contribution is 5.83. The summed E-state index contributed by atoms with van der Waals surface area (Å²) in [5.74, 6) is 0.987. The van der Waals surface area contributed by atoms with Crippen LogP contribution in [0.1, 0.15) is 25.8 Å². The van der Waals surface area contributed by atoms with Gasteiger partial charge >= 0.3 is 0 Å². The molecule has 6 nitrogen and oxygen atoms in total. The molecule has 2 rings (SSSR count). The van der Waals surface area contributed by atoms with Crippen LogP contribution in [-0.4, -0.2) is 60.9 Å². The third kappa shape index (κ3) is 4.95. The number of piperazine rings is 1. The van der Waals surface area contributed by atoms with Gasteiger partial charge in [-0.2, -0.15) is 0 Å². The summed E-state index contributed by atoms with van der Waals surface area (Å²) in [7, 11) is 1.61. The van der Waals surface area contributed by atoms with Crippen LogP contribution in [0.25, 0.3) is 0 Å². The molecule has 25 heavy (non-hydrogen) atoms. The standard InChI is InChI=1S/C19H29N3O3/c1-4-14(2)18(20)19(24)22-10-8-21(9-11-22)17(23)13-15-6-5-7-16(12-15)25-3/h5-7,12,14,18H,4,8-11,13,20H2,1-3H3. The van der Waals surface area contributed by atoms with E-state index in [1.807, 2.05) is 43.0 Å².